The lowest BCUT2D eigenvalue weighted by atomic mass is 9.98. The summed E-state index contributed by atoms with van der Waals surface area (Å²) in [5, 5.41) is 8.82. The van der Waals surface area contributed by atoms with Crippen LogP contribution in [-0.4, -0.2) is 18.0 Å². The van der Waals surface area contributed by atoms with Gasteiger partial charge in [-0.2, -0.15) is 5.26 Å². The zero-order chi connectivity index (χ0) is 12.3. The highest BCUT2D eigenvalue weighted by atomic mass is 79.9. The van der Waals surface area contributed by atoms with Crippen molar-refractivity contribution in [2.45, 2.75) is 19.4 Å². The summed E-state index contributed by atoms with van der Waals surface area (Å²) >= 11 is 3.30. The van der Waals surface area contributed by atoms with Gasteiger partial charge < -0.3 is 0 Å². The van der Waals surface area contributed by atoms with E-state index < -0.39 is 0 Å². The summed E-state index contributed by atoms with van der Waals surface area (Å²) in [4.78, 5) is 2.27. The van der Waals surface area contributed by atoms with Gasteiger partial charge in [-0.3, -0.25) is 4.90 Å². The van der Waals surface area contributed by atoms with Crippen LogP contribution in [0.15, 0.2) is 22.7 Å². The molecular weight excluding hydrogens is 283 g/mol. The average molecular weight is 297 g/mol. The van der Waals surface area contributed by atoms with E-state index in [9.17, 15) is 4.39 Å². The van der Waals surface area contributed by atoms with Gasteiger partial charge in [0.1, 0.15) is 5.82 Å². The fourth-order valence-electron chi connectivity index (χ4n) is 2.18. The molecule has 17 heavy (non-hydrogen) atoms. The van der Waals surface area contributed by atoms with E-state index >= 15 is 0 Å². The van der Waals surface area contributed by atoms with Gasteiger partial charge in [0, 0.05) is 16.9 Å². The first-order chi connectivity index (χ1) is 8.17. The number of nitrogens with zero attached hydrogens (tertiary/aromatic N) is 2. The van der Waals surface area contributed by atoms with Crippen LogP contribution in [0.25, 0.3) is 0 Å². The lowest BCUT2D eigenvalue weighted by Crippen LogP contribution is -2.32. The monoisotopic (exact) mass is 296 g/mol. The summed E-state index contributed by atoms with van der Waals surface area (Å²) in [6, 6.07) is 7.29. The summed E-state index contributed by atoms with van der Waals surface area (Å²) in [6.45, 7) is 2.60. The second kappa shape index (κ2) is 5.61. The van der Waals surface area contributed by atoms with Crippen LogP contribution in [0.1, 0.15) is 18.4 Å². The summed E-state index contributed by atoms with van der Waals surface area (Å²) in [5.74, 6) is -0.00761. The van der Waals surface area contributed by atoms with Gasteiger partial charge in [0.05, 0.1) is 6.07 Å². The number of benzene rings is 1. The first kappa shape index (κ1) is 12.5. The zero-order valence-corrected chi connectivity index (χ0v) is 11.1. The van der Waals surface area contributed by atoms with Gasteiger partial charge in [-0.05, 0) is 49.7 Å². The minimum atomic E-state index is -0.207. The van der Waals surface area contributed by atoms with E-state index in [1.54, 1.807) is 6.07 Å². The largest absolute Gasteiger partial charge is 0.299 e. The summed E-state index contributed by atoms with van der Waals surface area (Å²) < 4.78 is 14.0. The number of piperidine rings is 1. The molecule has 0 radical (unpaired) electrons. The van der Waals surface area contributed by atoms with Gasteiger partial charge in [0.2, 0.25) is 0 Å². The summed E-state index contributed by atoms with van der Waals surface area (Å²) in [5.41, 5.74) is 0.979. The van der Waals surface area contributed by atoms with Crippen molar-refractivity contribution in [3.63, 3.8) is 0 Å². The Morgan fingerprint density at radius 3 is 2.65 bits per heavy atom. The van der Waals surface area contributed by atoms with Crippen molar-refractivity contribution in [3.8, 4) is 6.07 Å². The number of rotatable bonds is 2. The van der Waals surface area contributed by atoms with Crippen LogP contribution >= 0.6 is 15.9 Å². The Balaban J connectivity index is 1.96. The molecule has 2 rings (SSSR count). The Hall–Kier alpha value is -0.920. The van der Waals surface area contributed by atoms with Crippen LogP contribution in [0, 0.1) is 23.1 Å². The Kier molecular flexibility index (Phi) is 4.14. The standard InChI is InChI=1S/C13H14BrFN2/c14-12-5-11(6-13(15)7-12)9-17-3-1-10(8-16)2-4-17/h5-7,10H,1-4,9H2. The highest BCUT2D eigenvalue weighted by Gasteiger charge is 2.18. The molecule has 0 amide bonds. The zero-order valence-electron chi connectivity index (χ0n) is 9.50. The first-order valence-electron chi connectivity index (χ1n) is 5.74. The fraction of sp³-hybridized carbons (Fsp3) is 0.462. The predicted molar refractivity (Wildman–Crippen MR) is 67.7 cm³/mol. The number of hydrogen-bond acceptors (Lipinski definition) is 2. The van der Waals surface area contributed by atoms with Crippen LogP contribution in [0.5, 0.6) is 0 Å². The van der Waals surface area contributed by atoms with Crippen molar-refractivity contribution in [3.05, 3.63) is 34.1 Å². The fourth-order valence-corrected chi connectivity index (χ4v) is 2.69. The third-order valence-corrected chi connectivity index (χ3v) is 3.56. The van der Waals surface area contributed by atoms with Gasteiger partial charge in [-0.1, -0.05) is 15.9 Å². The minimum Gasteiger partial charge on any atom is -0.299 e. The van der Waals surface area contributed by atoms with Crippen molar-refractivity contribution >= 4 is 15.9 Å². The molecule has 1 saturated heterocycles. The van der Waals surface area contributed by atoms with Gasteiger partial charge in [0.25, 0.3) is 0 Å². The molecular formula is C13H14BrFN2. The third kappa shape index (κ3) is 3.52. The Labute approximate surface area is 109 Å². The van der Waals surface area contributed by atoms with Crippen LogP contribution in [-0.2, 0) is 6.54 Å². The van der Waals surface area contributed by atoms with Gasteiger partial charge in [-0.25, -0.2) is 4.39 Å². The summed E-state index contributed by atoms with van der Waals surface area (Å²) in [6.07, 6.45) is 1.85. The van der Waals surface area contributed by atoms with Crippen molar-refractivity contribution in [2.24, 2.45) is 5.92 Å². The van der Waals surface area contributed by atoms with Crippen LogP contribution < -0.4 is 0 Å². The second-order valence-corrected chi connectivity index (χ2v) is 5.37. The molecule has 1 heterocycles. The van der Waals surface area contributed by atoms with Crippen LogP contribution in [0.2, 0.25) is 0 Å². The van der Waals surface area contributed by atoms with Crippen molar-refractivity contribution < 1.29 is 4.39 Å². The predicted octanol–water partition coefficient (Wildman–Crippen LogP) is 3.32. The topological polar surface area (TPSA) is 27.0 Å². The number of halogens is 2. The Bertz CT molecular complexity index is 413. The molecule has 0 unspecified atom stereocenters. The molecule has 1 fully saturated rings. The van der Waals surface area contributed by atoms with E-state index in [0.717, 1.165) is 42.5 Å². The number of hydrogen-bond donors (Lipinski definition) is 0. The molecule has 0 bridgehead atoms. The smallest absolute Gasteiger partial charge is 0.124 e. The molecule has 0 aliphatic carbocycles. The highest BCUT2D eigenvalue weighted by molar-refractivity contribution is 9.10. The molecule has 90 valence electrons. The van der Waals surface area contributed by atoms with E-state index in [0.29, 0.717) is 0 Å². The normalized spacial score (nSPS) is 17.9. The maximum absolute atomic E-state index is 13.2. The molecule has 1 aromatic rings. The molecule has 1 aliphatic rings. The molecule has 2 nitrogen and oxygen atoms in total. The van der Waals surface area contributed by atoms with E-state index in [2.05, 4.69) is 26.9 Å². The van der Waals surface area contributed by atoms with Crippen LogP contribution in [0.4, 0.5) is 4.39 Å². The van der Waals surface area contributed by atoms with Gasteiger partial charge >= 0.3 is 0 Å². The van der Waals surface area contributed by atoms with E-state index in [1.807, 2.05) is 6.07 Å². The second-order valence-electron chi connectivity index (χ2n) is 4.46. The lowest BCUT2D eigenvalue weighted by molar-refractivity contribution is 0.198. The average Bonchev–Trinajstić information content (AvgIpc) is 2.28. The van der Waals surface area contributed by atoms with Crippen molar-refractivity contribution in [1.82, 2.24) is 4.90 Å². The first-order valence-corrected chi connectivity index (χ1v) is 6.53. The SMILES string of the molecule is N#CC1CCN(Cc2cc(F)cc(Br)c2)CC1. The molecule has 0 atom stereocenters. The number of nitriles is 1. The Morgan fingerprint density at radius 1 is 1.35 bits per heavy atom. The maximum atomic E-state index is 13.2. The van der Waals surface area contributed by atoms with E-state index in [1.165, 1.54) is 6.07 Å². The summed E-state index contributed by atoms with van der Waals surface area (Å²) in [7, 11) is 0. The van der Waals surface area contributed by atoms with Gasteiger partial charge in [0.15, 0.2) is 0 Å². The van der Waals surface area contributed by atoms with Crippen molar-refractivity contribution in [2.75, 3.05) is 13.1 Å². The third-order valence-electron chi connectivity index (χ3n) is 3.10. The molecule has 0 aromatic heterocycles. The Morgan fingerprint density at radius 2 is 2.06 bits per heavy atom. The van der Waals surface area contributed by atoms with Crippen LogP contribution in [0.3, 0.4) is 0 Å². The maximum Gasteiger partial charge on any atom is 0.124 e. The molecule has 4 heteroatoms. The highest BCUT2D eigenvalue weighted by Crippen LogP contribution is 2.20. The van der Waals surface area contributed by atoms with Crippen molar-refractivity contribution in [1.29, 1.82) is 5.26 Å². The van der Waals surface area contributed by atoms with Gasteiger partial charge in [-0.15, -0.1) is 0 Å². The van der Waals surface area contributed by atoms with E-state index in [-0.39, 0.29) is 11.7 Å². The number of likely N-dealkylation sites (tertiary alicyclic amines) is 1. The van der Waals surface area contributed by atoms with E-state index in [4.69, 9.17) is 5.26 Å². The minimum absolute atomic E-state index is 0.200. The quantitative estimate of drug-likeness (QED) is 0.837. The molecule has 1 aliphatic heterocycles. The lowest BCUT2D eigenvalue weighted by Gasteiger charge is -2.29. The molecule has 0 spiro atoms. The molecule has 0 saturated carbocycles. The molecule has 0 N–H and O–H groups in total. The molecule has 1 aromatic carbocycles.